The first kappa shape index (κ1) is 18.1. The van der Waals surface area contributed by atoms with Gasteiger partial charge in [0.15, 0.2) is 0 Å². The van der Waals surface area contributed by atoms with Crippen molar-refractivity contribution in [3.8, 4) is 5.75 Å². The van der Waals surface area contributed by atoms with Crippen molar-refractivity contribution >= 4 is 17.4 Å². The van der Waals surface area contributed by atoms with Gasteiger partial charge in [-0.15, -0.1) is 0 Å². The van der Waals surface area contributed by atoms with Crippen molar-refractivity contribution < 1.29 is 14.3 Å². The van der Waals surface area contributed by atoms with Crippen LogP contribution in [0.15, 0.2) is 30.3 Å². The molecule has 0 N–H and O–H groups in total. The Morgan fingerprint density at radius 3 is 2.33 bits per heavy atom. The third kappa shape index (κ3) is 4.02. The van der Waals surface area contributed by atoms with E-state index in [4.69, 9.17) is 4.74 Å². The Kier molecular flexibility index (Phi) is 5.19. The number of amides is 2. The zero-order valence-electron chi connectivity index (χ0n) is 16.0. The predicted octanol–water partition coefficient (Wildman–Crippen LogP) is 2.96. The van der Waals surface area contributed by atoms with Crippen LogP contribution in [0.5, 0.6) is 5.75 Å². The van der Waals surface area contributed by atoms with Crippen molar-refractivity contribution in [2.75, 3.05) is 33.3 Å². The molecule has 2 heterocycles. The van der Waals surface area contributed by atoms with Crippen molar-refractivity contribution in [2.24, 2.45) is 11.8 Å². The summed E-state index contributed by atoms with van der Waals surface area (Å²) in [5, 5.41) is 0. The normalized spacial score (nSPS) is 23.0. The van der Waals surface area contributed by atoms with Crippen LogP contribution in [0.25, 0.3) is 5.57 Å². The van der Waals surface area contributed by atoms with Gasteiger partial charge < -0.3 is 14.5 Å². The minimum atomic E-state index is -0.0302. The van der Waals surface area contributed by atoms with Gasteiger partial charge in [-0.2, -0.15) is 0 Å². The third-order valence-electron chi connectivity index (χ3n) is 5.99. The van der Waals surface area contributed by atoms with Gasteiger partial charge in [0, 0.05) is 32.1 Å². The van der Waals surface area contributed by atoms with E-state index in [0.29, 0.717) is 13.1 Å². The molecule has 5 heteroatoms. The van der Waals surface area contributed by atoms with Crippen LogP contribution in [0, 0.1) is 11.8 Å². The van der Waals surface area contributed by atoms with Gasteiger partial charge in [-0.3, -0.25) is 9.59 Å². The topological polar surface area (TPSA) is 49.9 Å². The summed E-state index contributed by atoms with van der Waals surface area (Å²) in [6.45, 7) is 2.84. The van der Waals surface area contributed by atoms with Crippen LogP contribution >= 0.6 is 0 Å². The van der Waals surface area contributed by atoms with Gasteiger partial charge in [0.2, 0.25) is 11.8 Å². The quantitative estimate of drug-likeness (QED) is 0.821. The molecule has 1 aromatic carbocycles. The number of piperidine rings is 1. The molecular weight excluding hydrogens is 340 g/mol. The molecule has 2 amide bonds. The van der Waals surface area contributed by atoms with E-state index in [-0.39, 0.29) is 23.7 Å². The standard InChI is InChI=1S/C22H28N2O3/c1-27-20-8-6-16(7-9-20)17-10-13-23(14-11-17)22(26)19-3-2-12-24(15-19)21(25)18-4-5-18/h6-10,18-19H,2-5,11-15H2,1H3/t19-/m0/s1. The van der Waals surface area contributed by atoms with Crippen LogP contribution in [0.2, 0.25) is 0 Å². The molecule has 2 fully saturated rings. The highest BCUT2D eigenvalue weighted by Gasteiger charge is 2.37. The highest BCUT2D eigenvalue weighted by atomic mass is 16.5. The van der Waals surface area contributed by atoms with E-state index in [1.807, 2.05) is 21.9 Å². The minimum Gasteiger partial charge on any atom is -0.497 e. The van der Waals surface area contributed by atoms with Gasteiger partial charge in [-0.25, -0.2) is 0 Å². The molecule has 1 aliphatic carbocycles. The highest BCUT2D eigenvalue weighted by Crippen LogP contribution is 2.33. The van der Waals surface area contributed by atoms with Gasteiger partial charge in [0.05, 0.1) is 13.0 Å². The van der Waals surface area contributed by atoms with Crippen LogP contribution in [0.3, 0.4) is 0 Å². The first-order chi connectivity index (χ1) is 13.2. The Bertz CT molecular complexity index is 736. The summed E-state index contributed by atoms with van der Waals surface area (Å²) in [6.07, 6.45) is 6.93. The minimum absolute atomic E-state index is 0.0302. The highest BCUT2D eigenvalue weighted by molar-refractivity contribution is 5.84. The van der Waals surface area contributed by atoms with E-state index in [0.717, 1.165) is 50.9 Å². The molecule has 1 atom stereocenters. The molecule has 5 nitrogen and oxygen atoms in total. The summed E-state index contributed by atoms with van der Waals surface area (Å²) < 4.78 is 5.22. The number of carbonyl (C=O) groups excluding carboxylic acids is 2. The Morgan fingerprint density at radius 1 is 0.963 bits per heavy atom. The summed E-state index contributed by atoms with van der Waals surface area (Å²) in [7, 11) is 1.67. The number of carbonyl (C=O) groups is 2. The number of likely N-dealkylation sites (tertiary alicyclic amines) is 1. The SMILES string of the molecule is COc1ccc(C2=CCN(C(=O)[C@H]3CCCN(C(=O)C4CC4)C3)CC2)cc1. The van der Waals surface area contributed by atoms with E-state index in [2.05, 4.69) is 18.2 Å². The first-order valence-corrected chi connectivity index (χ1v) is 10.1. The molecule has 0 aromatic heterocycles. The molecule has 2 aliphatic heterocycles. The van der Waals surface area contributed by atoms with Crippen LogP contribution in [-0.4, -0.2) is 54.9 Å². The zero-order chi connectivity index (χ0) is 18.8. The Labute approximate surface area is 161 Å². The lowest BCUT2D eigenvalue weighted by Gasteiger charge is -2.36. The fourth-order valence-corrected chi connectivity index (χ4v) is 4.16. The zero-order valence-corrected chi connectivity index (χ0v) is 16.0. The van der Waals surface area contributed by atoms with Crippen LogP contribution in [0.4, 0.5) is 0 Å². The number of methoxy groups -OCH3 is 1. The summed E-state index contributed by atoms with van der Waals surface area (Å²) >= 11 is 0. The maximum absolute atomic E-state index is 13.0. The second kappa shape index (κ2) is 7.75. The summed E-state index contributed by atoms with van der Waals surface area (Å²) in [4.78, 5) is 29.2. The average Bonchev–Trinajstić information content (AvgIpc) is 3.58. The molecule has 1 aromatic rings. The Morgan fingerprint density at radius 2 is 1.70 bits per heavy atom. The van der Waals surface area contributed by atoms with E-state index in [1.54, 1.807) is 7.11 Å². The fraction of sp³-hybridized carbons (Fsp3) is 0.545. The summed E-state index contributed by atoms with van der Waals surface area (Å²) in [5.74, 6) is 1.55. The molecule has 144 valence electrons. The largest absolute Gasteiger partial charge is 0.497 e. The monoisotopic (exact) mass is 368 g/mol. The van der Waals surface area contributed by atoms with Gasteiger partial charge in [-0.1, -0.05) is 18.2 Å². The van der Waals surface area contributed by atoms with Gasteiger partial charge in [-0.05, 0) is 55.4 Å². The van der Waals surface area contributed by atoms with Gasteiger partial charge >= 0.3 is 0 Å². The predicted molar refractivity (Wildman–Crippen MR) is 104 cm³/mol. The van der Waals surface area contributed by atoms with E-state index in [1.165, 1.54) is 11.1 Å². The number of nitrogens with zero attached hydrogens (tertiary/aromatic N) is 2. The third-order valence-corrected chi connectivity index (χ3v) is 5.99. The smallest absolute Gasteiger partial charge is 0.227 e. The maximum Gasteiger partial charge on any atom is 0.227 e. The van der Waals surface area contributed by atoms with Gasteiger partial charge in [0.1, 0.15) is 5.75 Å². The van der Waals surface area contributed by atoms with Crippen LogP contribution in [0.1, 0.15) is 37.7 Å². The number of rotatable bonds is 4. The van der Waals surface area contributed by atoms with Crippen LogP contribution in [-0.2, 0) is 9.59 Å². The van der Waals surface area contributed by atoms with Crippen molar-refractivity contribution in [1.29, 1.82) is 0 Å². The fourth-order valence-electron chi connectivity index (χ4n) is 4.16. The van der Waals surface area contributed by atoms with E-state index < -0.39 is 0 Å². The molecule has 27 heavy (non-hydrogen) atoms. The molecular formula is C22H28N2O3. The number of hydrogen-bond acceptors (Lipinski definition) is 3. The molecule has 1 saturated carbocycles. The Balaban J connectivity index is 1.35. The maximum atomic E-state index is 13.0. The van der Waals surface area contributed by atoms with E-state index in [9.17, 15) is 9.59 Å². The number of benzene rings is 1. The number of ether oxygens (including phenoxy) is 1. The summed E-state index contributed by atoms with van der Waals surface area (Å²) in [5.41, 5.74) is 2.48. The lowest BCUT2D eigenvalue weighted by molar-refractivity contribution is -0.141. The summed E-state index contributed by atoms with van der Waals surface area (Å²) in [6, 6.07) is 8.09. The number of hydrogen-bond donors (Lipinski definition) is 0. The Hall–Kier alpha value is -2.30. The van der Waals surface area contributed by atoms with Crippen molar-refractivity contribution in [3.05, 3.63) is 35.9 Å². The molecule has 0 radical (unpaired) electrons. The molecule has 0 bridgehead atoms. The van der Waals surface area contributed by atoms with Gasteiger partial charge in [0.25, 0.3) is 0 Å². The van der Waals surface area contributed by atoms with Crippen molar-refractivity contribution in [1.82, 2.24) is 9.80 Å². The van der Waals surface area contributed by atoms with Crippen molar-refractivity contribution in [2.45, 2.75) is 32.1 Å². The second-order valence-corrected chi connectivity index (χ2v) is 7.89. The molecule has 4 rings (SSSR count). The van der Waals surface area contributed by atoms with Crippen LogP contribution < -0.4 is 4.74 Å². The molecule has 3 aliphatic rings. The molecule has 1 saturated heterocycles. The lowest BCUT2D eigenvalue weighted by atomic mass is 9.94. The molecule has 0 unspecified atom stereocenters. The molecule has 0 spiro atoms. The average molecular weight is 368 g/mol. The van der Waals surface area contributed by atoms with Crippen molar-refractivity contribution in [3.63, 3.8) is 0 Å². The second-order valence-electron chi connectivity index (χ2n) is 7.89. The van der Waals surface area contributed by atoms with E-state index >= 15 is 0 Å². The lowest BCUT2D eigenvalue weighted by Crippen LogP contribution is -2.48. The first-order valence-electron chi connectivity index (χ1n) is 10.1.